The number of benzene rings is 1. The number of amides is 2. The van der Waals surface area contributed by atoms with Crippen molar-refractivity contribution >= 4 is 22.5 Å². The van der Waals surface area contributed by atoms with Gasteiger partial charge in [0.25, 0.3) is 0 Å². The van der Waals surface area contributed by atoms with Gasteiger partial charge in [0, 0.05) is 36.2 Å². The van der Waals surface area contributed by atoms with Crippen LogP contribution in [-0.2, 0) is 0 Å². The van der Waals surface area contributed by atoms with Crippen LogP contribution < -0.4 is 4.90 Å². The van der Waals surface area contributed by atoms with Crippen molar-refractivity contribution < 1.29 is 9.18 Å². The summed E-state index contributed by atoms with van der Waals surface area (Å²) < 4.78 is 13.9. The number of nitriles is 1. The number of fused-ring (bicyclic) bond motifs is 1. The van der Waals surface area contributed by atoms with Crippen molar-refractivity contribution in [1.82, 2.24) is 9.88 Å². The largest absolute Gasteiger partial charge is 0.326 e. The Kier molecular flexibility index (Phi) is 2.42. The minimum Gasteiger partial charge on any atom is -0.315 e. The normalized spacial score (nSPS) is 34.0. The molecule has 4 fully saturated rings. The van der Waals surface area contributed by atoms with Gasteiger partial charge in [-0.3, -0.25) is 9.88 Å². The summed E-state index contributed by atoms with van der Waals surface area (Å²) in [6.45, 7) is 0.328. The van der Waals surface area contributed by atoms with Crippen molar-refractivity contribution in [1.29, 1.82) is 5.26 Å². The average molecular weight is 322 g/mol. The summed E-state index contributed by atoms with van der Waals surface area (Å²) in [5.41, 5.74) is -0.793. The van der Waals surface area contributed by atoms with Gasteiger partial charge in [-0.05, 0) is 0 Å². The molecule has 6 heteroatoms. The Bertz CT molecular complexity index is 896. The molecule has 3 aliphatic carbocycles. The van der Waals surface area contributed by atoms with Crippen molar-refractivity contribution in [2.75, 3.05) is 11.4 Å². The van der Waals surface area contributed by atoms with Crippen molar-refractivity contribution in [2.45, 2.75) is 36.5 Å². The van der Waals surface area contributed by atoms with Crippen LogP contribution in [0.3, 0.4) is 0 Å². The third kappa shape index (κ3) is 1.57. The molecule has 0 spiro atoms. The van der Waals surface area contributed by atoms with E-state index in [1.807, 2.05) is 24.3 Å². The summed E-state index contributed by atoms with van der Waals surface area (Å²) >= 11 is 0. The molecule has 1 aromatic heterocycles. The van der Waals surface area contributed by atoms with E-state index in [1.54, 1.807) is 17.3 Å². The Morgan fingerprint density at radius 2 is 2.00 bits per heavy atom. The van der Waals surface area contributed by atoms with Gasteiger partial charge in [-0.15, -0.1) is 0 Å². The molecule has 1 atom stereocenters. The van der Waals surface area contributed by atoms with Gasteiger partial charge < -0.3 is 4.90 Å². The van der Waals surface area contributed by atoms with E-state index in [-0.39, 0.29) is 11.6 Å². The molecule has 4 aliphatic rings. The standard InChI is InChI=1S/C18H15FN4O/c19-17-9-18(10-17,11-17)22-8-13(5-20)23(16(22)24)15-7-21-6-12-3-1-2-4-14(12)15/h1-4,6-7,13H,8-11H2. The quantitative estimate of drug-likeness (QED) is 0.854. The number of pyridine rings is 1. The molecule has 0 radical (unpaired) electrons. The first kappa shape index (κ1) is 13.7. The number of urea groups is 1. The molecule has 6 rings (SSSR count). The van der Waals surface area contributed by atoms with Crippen LogP contribution in [0.5, 0.6) is 0 Å². The number of alkyl halides is 1. The van der Waals surface area contributed by atoms with Gasteiger partial charge in [-0.2, -0.15) is 5.26 Å². The number of halogens is 1. The summed E-state index contributed by atoms with van der Waals surface area (Å²) in [5.74, 6) is 0. The lowest BCUT2D eigenvalue weighted by molar-refractivity contribution is -0.208. The monoisotopic (exact) mass is 322 g/mol. The minimum atomic E-state index is -1.07. The van der Waals surface area contributed by atoms with E-state index in [0.29, 0.717) is 31.5 Å². The number of nitrogens with zero attached hydrogens (tertiary/aromatic N) is 4. The van der Waals surface area contributed by atoms with Gasteiger partial charge >= 0.3 is 6.03 Å². The van der Waals surface area contributed by atoms with Crippen LogP contribution in [0.4, 0.5) is 14.9 Å². The second-order valence-electron chi connectivity index (χ2n) is 7.19. The van der Waals surface area contributed by atoms with Gasteiger partial charge in [0.2, 0.25) is 0 Å². The Balaban J connectivity index is 1.57. The summed E-state index contributed by atoms with van der Waals surface area (Å²) in [6, 6.07) is 9.12. The zero-order valence-corrected chi connectivity index (χ0v) is 12.9. The SMILES string of the molecule is N#CC1CN(C23CC(F)(C2)C3)C(=O)N1c1cncc2ccccc12. The Morgan fingerprint density at radius 1 is 1.25 bits per heavy atom. The molecule has 120 valence electrons. The lowest BCUT2D eigenvalue weighted by Crippen LogP contribution is -2.77. The molecule has 1 unspecified atom stereocenters. The van der Waals surface area contributed by atoms with Crippen LogP contribution in [0.1, 0.15) is 19.3 Å². The Morgan fingerprint density at radius 3 is 2.71 bits per heavy atom. The van der Waals surface area contributed by atoms with E-state index in [4.69, 9.17) is 0 Å². The third-order valence-corrected chi connectivity index (χ3v) is 5.67. The van der Waals surface area contributed by atoms with Crippen LogP contribution >= 0.6 is 0 Å². The highest BCUT2D eigenvalue weighted by Gasteiger charge is 2.73. The van der Waals surface area contributed by atoms with Crippen molar-refractivity contribution in [3.05, 3.63) is 36.7 Å². The van der Waals surface area contributed by atoms with E-state index in [2.05, 4.69) is 11.1 Å². The molecule has 2 amide bonds. The number of carbonyl (C=O) groups excluding carboxylic acids is 1. The summed E-state index contributed by atoms with van der Waals surface area (Å²) in [7, 11) is 0. The van der Waals surface area contributed by atoms with Crippen LogP contribution in [0, 0.1) is 11.3 Å². The molecular weight excluding hydrogens is 307 g/mol. The van der Waals surface area contributed by atoms with E-state index in [1.165, 1.54) is 4.90 Å². The summed E-state index contributed by atoms with van der Waals surface area (Å²) in [6.07, 6.45) is 4.60. The Hall–Kier alpha value is -2.68. The maximum atomic E-state index is 13.9. The van der Waals surface area contributed by atoms with Gasteiger partial charge in [-0.1, -0.05) is 24.3 Å². The molecule has 0 N–H and O–H groups in total. The van der Waals surface area contributed by atoms with Crippen LogP contribution in [0.15, 0.2) is 36.7 Å². The molecule has 1 aromatic carbocycles. The zero-order chi connectivity index (χ0) is 16.5. The Labute approximate surface area is 138 Å². The lowest BCUT2D eigenvalue weighted by Gasteiger charge is -2.68. The van der Waals surface area contributed by atoms with E-state index < -0.39 is 11.7 Å². The molecule has 2 heterocycles. The highest BCUT2D eigenvalue weighted by molar-refractivity contribution is 6.05. The number of anilines is 1. The van der Waals surface area contributed by atoms with Crippen LogP contribution in [0.2, 0.25) is 0 Å². The summed E-state index contributed by atoms with van der Waals surface area (Å²) in [4.78, 5) is 20.5. The summed E-state index contributed by atoms with van der Waals surface area (Å²) in [5, 5.41) is 11.4. The fraction of sp³-hybridized carbons (Fsp3) is 0.389. The second kappa shape index (κ2) is 4.23. The highest BCUT2D eigenvalue weighted by Crippen LogP contribution is 2.66. The molecular formula is C18H15FN4O. The first-order valence-corrected chi connectivity index (χ1v) is 8.07. The maximum Gasteiger partial charge on any atom is 0.326 e. The molecule has 24 heavy (non-hydrogen) atoms. The molecule has 2 aromatic rings. The highest BCUT2D eigenvalue weighted by atomic mass is 19.1. The third-order valence-electron chi connectivity index (χ3n) is 5.67. The van der Waals surface area contributed by atoms with Gasteiger partial charge in [0.1, 0.15) is 11.7 Å². The number of aromatic nitrogens is 1. The molecule has 1 aliphatic heterocycles. The fourth-order valence-electron chi connectivity index (χ4n) is 4.55. The van der Waals surface area contributed by atoms with E-state index in [0.717, 1.165) is 10.8 Å². The van der Waals surface area contributed by atoms with Gasteiger partial charge in [0.05, 0.1) is 30.0 Å². The number of carbonyl (C=O) groups is 1. The number of rotatable bonds is 2. The molecule has 1 saturated heterocycles. The number of hydrogen-bond donors (Lipinski definition) is 0. The minimum absolute atomic E-state index is 0.207. The predicted octanol–water partition coefficient (Wildman–Crippen LogP) is 3.01. The van der Waals surface area contributed by atoms with Crippen molar-refractivity contribution in [3.63, 3.8) is 0 Å². The smallest absolute Gasteiger partial charge is 0.315 e. The second-order valence-corrected chi connectivity index (χ2v) is 7.19. The molecule has 5 nitrogen and oxygen atoms in total. The van der Waals surface area contributed by atoms with Gasteiger partial charge in [-0.25, -0.2) is 9.18 Å². The van der Waals surface area contributed by atoms with Crippen LogP contribution in [0.25, 0.3) is 10.8 Å². The molecule has 3 saturated carbocycles. The van der Waals surface area contributed by atoms with E-state index >= 15 is 0 Å². The lowest BCUT2D eigenvalue weighted by atomic mass is 9.47. The van der Waals surface area contributed by atoms with Gasteiger partial charge in [0.15, 0.2) is 0 Å². The van der Waals surface area contributed by atoms with Crippen molar-refractivity contribution in [2.24, 2.45) is 0 Å². The van der Waals surface area contributed by atoms with Crippen molar-refractivity contribution in [3.8, 4) is 6.07 Å². The first-order valence-electron chi connectivity index (χ1n) is 8.07. The number of hydrogen-bond acceptors (Lipinski definition) is 3. The topological polar surface area (TPSA) is 60.2 Å². The average Bonchev–Trinajstić information content (AvgIpc) is 2.87. The van der Waals surface area contributed by atoms with E-state index in [9.17, 15) is 14.4 Å². The fourth-order valence-corrected chi connectivity index (χ4v) is 4.55. The van der Waals surface area contributed by atoms with Crippen LogP contribution in [-0.4, -0.2) is 39.7 Å². The predicted molar refractivity (Wildman–Crippen MR) is 86.1 cm³/mol. The maximum absolute atomic E-state index is 13.9. The molecule has 2 bridgehead atoms. The zero-order valence-electron chi connectivity index (χ0n) is 12.9. The first-order chi connectivity index (χ1) is 11.6.